The van der Waals surface area contributed by atoms with Crippen molar-refractivity contribution in [1.29, 1.82) is 0 Å². The van der Waals surface area contributed by atoms with Crippen LogP contribution in [0.25, 0.3) is 0 Å². The summed E-state index contributed by atoms with van der Waals surface area (Å²) < 4.78 is 0. The van der Waals surface area contributed by atoms with Gasteiger partial charge in [-0.2, -0.15) is 0 Å². The van der Waals surface area contributed by atoms with E-state index in [4.69, 9.17) is 5.73 Å². The minimum absolute atomic E-state index is 0.0999. The van der Waals surface area contributed by atoms with Crippen molar-refractivity contribution in [3.05, 3.63) is 70.3 Å². The first-order chi connectivity index (χ1) is 15.1. The molecule has 2 aromatic rings. The lowest BCUT2D eigenvalue weighted by Gasteiger charge is -2.27. The van der Waals surface area contributed by atoms with Crippen molar-refractivity contribution in [2.75, 3.05) is 0 Å². The second-order valence-corrected chi connectivity index (χ2v) is 8.85. The van der Waals surface area contributed by atoms with Gasteiger partial charge in [0.1, 0.15) is 6.04 Å². The summed E-state index contributed by atoms with van der Waals surface area (Å²) in [5, 5.41) is 5.54. The SMILES string of the molecule is CC(C)(N)c1ccc(CNCc2ccc3c(c2)C(=O)N(C2CCC(=O)NC2=O)C3=O)cc1. The van der Waals surface area contributed by atoms with Gasteiger partial charge in [-0.25, -0.2) is 0 Å². The minimum atomic E-state index is -0.955. The standard InChI is InChI=1S/C24H26N4O4/c1-24(2,25)16-6-3-14(4-7-16)12-26-13-15-5-8-17-18(11-15)23(32)28(22(17)31)19-9-10-20(29)27-21(19)30/h3-8,11,19,26H,9-10,12-13,25H2,1-2H3,(H,27,29,30). The Hall–Kier alpha value is -3.36. The number of nitrogens with zero attached hydrogens (tertiary/aromatic N) is 1. The average molecular weight is 434 g/mol. The second-order valence-electron chi connectivity index (χ2n) is 8.85. The fourth-order valence-corrected chi connectivity index (χ4v) is 4.03. The molecule has 2 aliphatic heterocycles. The van der Waals surface area contributed by atoms with Crippen LogP contribution in [-0.2, 0) is 28.2 Å². The van der Waals surface area contributed by atoms with Gasteiger partial charge in [0.15, 0.2) is 0 Å². The van der Waals surface area contributed by atoms with E-state index < -0.39 is 29.7 Å². The Kier molecular flexibility index (Phi) is 5.66. The third-order valence-electron chi connectivity index (χ3n) is 5.86. The van der Waals surface area contributed by atoms with Crippen LogP contribution in [0.5, 0.6) is 0 Å². The molecular weight excluding hydrogens is 408 g/mol. The first kappa shape index (κ1) is 21.9. The lowest BCUT2D eigenvalue weighted by Crippen LogP contribution is -2.54. The number of rotatable bonds is 6. The summed E-state index contributed by atoms with van der Waals surface area (Å²) in [6, 6.07) is 12.2. The molecule has 0 saturated carbocycles. The zero-order valence-corrected chi connectivity index (χ0v) is 18.1. The van der Waals surface area contributed by atoms with E-state index in [0.717, 1.165) is 21.6 Å². The summed E-state index contributed by atoms with van der Waals surface area (Å²) in [6.45, 7) is 5.07. The van der Waals surface area contributed by atoms with Gasteiger partial charge in [0.05, 0.1) is 11.1 Å². The monoisotopic (exact) mass is 434 g/mol. The van der Waals surface area contributed by atoms with E-state index >= 15 is 0 Å². The number of nitrogens with one attached hydrogen (secondary N) is 2. The number of amides is 4. The van der Waals surface area contributed by atoms with E-state index in [1.54, 1.807) is 18.2 Å². The molecule has 2 heterocycles. The smallest absolute Gasteiger partial charge is 0.262 e. The van der Waals surface area contributed by atoms with Crippen LogP contribution >= 0.6 is 0 Å². The molecule has 4 amide bonds. The number of piperidine rings is 1. The molecule has 1 atom stereocenters. The van der Waals surface area contributed by atoms with Crippen molar-refractivity contribution in [3.8, 4) is 0 Å². The molecule has 1 unspecified atom stereocenters. The Balaban J connectivity index is 1.41. The van der Waals surface area contributed by atoms with Crippen LogP contribution in [0.4, 0.5) is 0 Å². The zero-order valence-electron chi connectivity index (χ0n) is 18.1. The third-order valence-corrected chi connectivity index (χ3v) is 5.86. The van der Waals surface area contributed by atoms with Crippen LogP contribution in [0.15, 0.2) is 42.5 Å². The van der Waals surface area contributed by atoms with Gasteiger partial charge in [-0.1, -0.05) is 30.3 Å². The normalized spacial score (nSPS) is 18.7. The molecule has 4 rings (SSSR count). The summed E-state index contributed by atoms with van der Waals surface area (Å²) in [4.78, 5) is 50.2. The number of fused-ring (bicyclic) bond motifs is 1. The van der Waals surface area contributed by atoms with Gasteiger partial charge < -0.3 is 11.1 Å². The van der Waals surface area contributed by atoms with Crippen molar-refractivity contribution in [3.63, 3.8) is 0 Å². The minimum Gasteiger partial charge on any atom is -0.322 e. The number of carbonyl (C=O) groups excluding carboxylic acids is 4. The van der Waals surface area contributed by atoms with Gasteiger partial charge in [0.25, 0.3) is 11.8 Å². The van der Waals surface area contributed by atoms with Crippen molar-refractivity contribution >= 4 is 23.6 Å². The van der Waals surface area contributed by atoms with E-state index in [2.05, 4.69) is 10.6 Å². The van der Waals surface area contributed by atoms with Crippen LogP contribution in [0.1, 0.15) is 64.1 Å². The fourth-order valence-electron chi connectivity index (χ4n) is 4.03. The molecule has 4 N–H and O–H groups in total. The molecule has 0 radical (unpaired) electrons. The van der Waals surface area contributed by atoms with Crippen LogP contribution in [-0.4, -0.2) is 34.6 Å². The van der Waals surface area contributed by atoms with E-state index in [0.29, 0.717) is 13.1 Å². The largest absolute Gasteiger partial charge is 0.322 e. The summed E-state index contributed by atoms with van der Waals surface area (Å²) in [6.07, 6.45) is 0.243. The summed E-state index contributed by atoms with van der Waals surface area (Å²) in [5.74, 6) is -2.00. The number of hydrogen-bond donors (Lipinski definition) is 3. The molecule has 2 aliphatic rings. The molecule has 1 saturated heterocycles. The van der Waals surface area contributed by atoms with E-state index in [1.807, 2.05) is 38.1 Å². The van der Waals surface area contributed by atoms with Crippen molar-refractivity contribution in [2.45, 2.75) is 51.4 Å². The molecule has 0 bridgehead atoms. The predicted octanol–water partition coefficient (Wildman–Crippen LogP) is 1.57. The average Bonchev–Trinajstić information content (AvgIpc) is 2.98. The number of imide groups is 2. The molecule has 2 aromatic carbocycles. The molecule has 0 spiro atoms. The van der Waals surface area contributed by atoms with Gasteiger partial charge in [-0.05, 0) is 49.1 Å². The Morgan fingerprint density at radius 1 is 0.969 bits per heavy atom. The van der Waals surface area contributed by atoms with Gasteiger partial charge in [-0.15, -0.1) is 0 Å². The van der Waals surface area contributed by atoms with Crippen LogP contribution in [0.3, 0.4) is 0 Å². The van der Waals surface area contributed by atoms with Crippen LogP contribution in [0, 0.1) is 0 Å². The van der Waals surface area contributed by atoms with E-state index in [-0.39, 0.29) is 29.5 Å². The molecule has 8 heteroatoms. The molecule has 1 fully saturated rings. The molecule has 0 aromatic heterocycles. The zero-order chi connectivity index (χ0) is 23.0. The summed E-state index contributed by atoms with van der Waals surface area (Å²) >= 11 is 0. The van der Waals surface area contributed by atoms with Crippen molar-refractivity contribution < 1.29 is 19.2 Å². The summed E-state index contributed by atoms with van der Waals surface area (Å²) in [7, 11) is 0. The lowest BCUT2D eigenvalue weighted by atomic mass is 9.95. The van der Waals surface area contributed by atoms with Crippen molar-refractivity contribution in [1.82, 2.24) is 15.5 Å². The molecule has 0 aliphatic carbocycles. The lowest BCUT2D eigenvalue weighted by molar-refractivity contribution is -0.136. The van der Waals surface area contributed by atoms with Gasteiger partial charge in [0.2, 0.25) is 11.8 Å². The van der Waals surface area contributed by atoms with E-state index in [1.165, 1.54) is 0 Å². The maximum Gasteiger partial charge on any atom is 0.262 e. The fraction of sp³-hybridized carbons (Fsp3) is 0.333. The number of nitrogens with two attached hydrogens (primary N) is 1. The van der Waals surface area contributed by atoms with Gasteiger partial charge in [0, 0.05) is 25.0 Å². The molecule has 166 valence electrons. The summed E-state index contributed by atoms with van der Waals surface area (Å²) in [5.41, 5.74) is 9.31. The molecule has 8 nitrogen and oxygen atoms in total. The highest BCUT2D eigenvalue weighted by molar-refractivity contribution is 6.23. The van der Waals surface area contributed by atoms with E-state index in [9.17, 15) is 19.2 Å². The van der Waals surface area contributed by atoms with Gasteiger partial charge >= 0.3 is 0 Å². The quantitative estimate of drug-likeness (QED) is 0.594. The number of hydrogen-bond acceptors (Lipinski definition) is 6. The predicted molar refractivity (Wildman–Crippen MR) is 117 cm³/mol. The third kappa shape index (κ3) is 4.19. The Morgan fingerprint density at radius 2 is 1.59 bits per heavy atom. The van der Waals surface area contributed by atoms with Gasteiger partial charge in [-0.3, -0.25) is 29.4 Å². The molecular formula is C24H26N4O4. The van der Waals surface area contributed by atoms with Crippen molar-refractivity contribution in [2.24, 2.45) is 5.73 Å². The highest BCUT2D eigenvalue weighted by Gasteiger charge is 2.44. The number of benzene rings is 2. The maximum atomic E-state index is 12.9. The van der Waals surface area contributed by atoms with Crippen LogP contribution in [0.2, 0.25) is 0 Å². The second kappa shape index (κ2) is 8.29. The Bertz CT molecular complexity index is 1100. The Morgan fingerprint density at radius 3 is 2.25 bits per heavy atom. The highest BCUT2D eigenvalue weighted by Crippen LogP contribution is 2.28. The van der Waals surface area contributed by atoms with Crippen LogP contribution < -0.4 is 16.4 Å². The topological polar surface area (TPSA) is 122 Å². The first-order valence-electron chi connectivity index (χ1n) is 10.6. The first-order valence-corrected chi connectivity index (χ1v) is 10.6. The Labute approximate surface area is 186 Å². The maximum absolute atomic E-state index is 12.9. The highest BCUT2D eigenvalue weighted by atomic mass is 16.2. The molecule has 32 heavy (non-hydrogen) atoms. The number of carbonyl (C=O) groups is 4.